The van der Waals surface area contributed by atoms with Gasteiger partial charge in [-0.05, 0) is 30.9 Å². The number of para-hydroxylation sites is 2. The molecule has 1 aliphatic carbocycles. The van der Waals surface area contributed by atoms with Gasteiger partial charge < -0.3 is 13.9 Å². The number of aliphatic hydroxyl groups excluding tert-OH is 1. The molecule has 1 aliphatic rings. The van der Waals surface area contributed by atoms with Crippen LogP contribution in [0.2, 0.25) is 0 Å². The minimum absolute atomic E-state index is 0.0511. The van der Waals surface area contributed by atoms with Gasteiger partial charge in [0.15, 0.2) is 11.3 Å². The van der Waals surface area contributed by atoms with Crippen LogP contribution >= 0.6 is 11.8 Å². The number of furan rings is 1. The van der Waals surface area contributed by atoms with Crippen molar-refractivity contribution >= 4 is 28.0 Å². The van der Waals surface area contributed by atoms with Crippen LogP contribution in [0.3, 0.4) is 0 Å². The fourth-order valence-electron chi connectivity index (χ4n) is 3.50. The van der Waals surface area contributed by atoms with Crippen LogP contribution in [0.15, 0.2) is 38.3 Å². The van der Waals surface area contributed by atoms with Gasteiger partial charge in [0, 0.05) is 29.3 Å². The topological polar surface area (TPSA) is 76.5 Å². The maximum atomic E-state index is 12.7. The van der Waals surface area contributed by atoms with E-state index >= 15 is 0 Å². The third-order valence-electron chi connectivity index (χ3n) is 4.63. The Morgan fingerprint density at radius 1 is 1.32 bits per heavy atom. The van der Waals surface area contributed by atoms with Crippen molar-refractivity contribution in [3.8, 4) is 0 Å². The van der Waals surface area contributed by atoms with Gasteiger partial charge in [-0.3, -0.25) is 4.79 Å². The lowest BCUT2D eigenvalue weighted by atomic mass is 9.75. The molecule has 2 heterocycles. The minimum atomic E-state index is -0.599. The number of hydrogen-bond acceptors (Lipinski definition) is 6. The summed E-state index contributed by atoms with van der Waals surface area (Å²) in [5.74, 6) is 0.983. The van der Waals surface area contributed by atoms with Crippen molar-refractivity contribution in [2.45, 2.75) is 44.9 Å². The van der Waals surface area contributed by atoms with Crippen molar-refractivity contribution < 1.29 is 18.7 Å². The lowest BCUT2D eigenvalue weighted by molar-refractivity contribution is 0.0919. The van der Waals surface area contributed by atoms with Crippen LogP contribution in [0.5, 0.6) is 0 Å². The first-order valence-corrected chi connectivity index (χ1v) is 9.04. The van der Waals surface area contributed by atoms with Crippen molar-refractivity contribution in [3.63, 3.8) is 0 Å². The van der Waals surface area contributed by atoms with Gasteiger partial charge in [-0.25, -0.2) is 4.98 Å². The van der Waals surface area contributed by atoms with Gasteiger partial charge in [0.2, 0.25) is 0 Å². The third kappa shape index (κ3) is 2.89. The molecule has 0 unspecified atom stereocenters. The zero-order valence-electron chi connectivity index (χ0n) is 14.3. The van der Waals surface area contributed by atoms with E-state index in [-0.39, 0.29) is 16.3 Å². The second kappa shape index (κ2) is 5.75. The number of thioether (sulfide) groups is 1. The number of aromatic nitrogens is 1. The van der Waals surface area contributed by atoms with Crippen LogP contribution in [0, 0.1) is 12.3 Å². The Morgan fingerprint density at radius 3 is 2.84 bits per heavy atom. The SMILES string of the molecule is Cc1c(C(=O)Sc2nc3ccccc3o2)oc2c1[C@@H](O)CC(C)(C)C2. The summed E-state index contributed by atoms with van der Waals surface area (Å²) in [6.07, 6.45) is 0.770. The molecule has 0 saturated carbocycles. The summed E-state index contributed by atoms with van der Waals surface area (Å²) in [5, 5.41) is 10.5. The number of hydrogen-bond donors (Lipinski definition) is 1. The highest BCUT2D eigenvalue weighted by atomic mass is 32.2. The molecule has 4 rings (SSSR count). The highest BCUT2D eigenvalue weighted by Gasteiger charge is 2.37. The van der Waals surface area contributed by atoms with Crippen molar-refractivity contribution in [3.05, 3.63) is 46.9 Å². The van der Waals surface area contributed by atoms with E-state index in [4.69, 9.17) is 8.83 Å². The van der Waals surface area contributed by atoms with Crippen LogP contribution in [0.1, 0.15) is 53.8 Å². The Morgan fingerprint density at radius 2 is 2.08 bits per heavy atom. The Hall–Kier alpha value is -2.05. The first-order chi connectivity index (χ1) is 11.8. The van der Waals surface area contributed by atoms with E-state index in [1.165, 1.54) is 0 Å². The van der Waals surface area contributed by atoms with E-state index < -0.39 is 6.10 Å². The Balaban J connectivity index is 1.65. The van der Waals surface area contributed by atoms with E-state index in [0.29, 0.717) is 40.5 Å². The smallest absolute Gasteiger partial charge is 0.264 e. The lowest BCUT2D eigenvalue weighted by Crippen LogP contribution is -2.24. The number of carbonyl (C=O) groups excluding carboxylic acids is 1. The van der Waals surface area contributed by atoms with E-state index in [2.05, 4.69) is 18.8 Å². The molecule has 1 N–H and O–H groups in total. The average Bonchev–Trinajstić information content (AvgIpc) is 3.06. The van der Waals surface area contributed by atoms with Crippen molar-refractivity contribution in [2.75, 3.05) is 0 Å². The summed E-state index contributed by atoms with van der Waals surface area (Å²) >= 11 is 0.909. The zero-order chi connectivity index (χ0) is 17.8. The molecule has 3 aromatic rings. The second-order valence-corrected chi connectivity index (χ2v) is 8.22. The molecule has 0 radical (unpaired) electrons. The predicted octanol–water partition coefficient (Wildman–Crippen LogP) is 4.67. The molecule has 130 valence electrons. The monoisotopic (exact) mass is 357 g/mol. The molecule has 0 saturated heterocycles. The van der Waals surface area contributed by atoms with Crippen molar-refractivity contribution in [1.29, 1.82) is 0 Å². The Kier molecular flexibility index (Phi) is 3.77. The molecule has 0 spiro atoms. The summed E-state index contributed by atoms with van der Waals surface area (Å²) in [6.45, 7) is 6.00. The first kappa shape index (κ1) is 16.4. The number of carbonyl (C=O) groups is 1. The third-order valence-corrected chi connectivity index (χ3v) is 5.35. The molecule has 1 atom stereocenters. The van der Waals surface area contributed by atoms with E-state index in [1.54, 1.807) is 0 Å². The molecular formula is C19H19NO4S. The minimum Gasteiger partial charge on any atom is -0.456 e. The summed E-state index contributed by atoms with van der Waals surface area (Å²) < 4.78 is 11.4. The number of oxazole rings is 1. The summed E-state index contributed by atoms with van der Waals surface area (Å²) in [7, 11) is 0. The molecule has 0 amide bonds. The van der Waals surface area contributed by atoms with Crippen LogP contribution < -0.4 is 0 Å². The second-order valence-electron chi connectivity index (χ2n) is 7.29. The van der Waals surface area contributed by atoms with Gasteiger partial charge in [-0.15, -0.1) is 0 Å². The quantitative estimate of drug-likeness (QED) is 0.672. The molecule has 0 aliphatic heterocycles. The number of benzene rings is 1. The van der Waals surface area contributed by atoms with Gasteiger partial charge >= 0.3 is 0 Å². The van der Waals surface area contributed by atoms with Crippen LogP contribution in [-0.4, -0.2) is 15.2 Å². The molecule has 0 fully saturated rings. The fraction of sp³-hybridized carbons (Fsp3) is 0.368. The number of nitrogens with zero attached hydrogens (tertiary/aromatic N) is 1. The predicted molar refractivity (Wildman–Crippen MR) is 94.7 cm³/mol. The maximum absolute atomic E-state index is 12.7. The van der Waals surface area contributed by atoms with Gasteiger partial charge in [0.25, 0.3) is 10.3 Å². The molecule has 5 nitrogen and oxygen atoms in total. The van der Waals surface area contributed by atoms with Gasteiger partial charge in [0.05, 0.1) is 6.10 Å². The largest absolute Gasteiger partial charge is 0.456 e. The molecule has 25 heavy (non-hydrogen) atoms. The van der Waals surface area contributed by atoms with Crippen LogP contribution in [-0.2, 0) is 6.42 Å². The summed E-state index contributed by atoms with van der Waals surface area (Å²) in [6, 6.07) is 7.38. The fourth-order valence-corrected chi connectivity index (χ4v) is 4.22. The van der Waals surface area contributed by atoms with Crippen molar-refractivity contribution in [2.24, 2.45) is 5.41 Å². The first-order valence-electron chi connectivity index (χ1n) is 8.22. The van der Waals surface area contributed by atoms with E-state index in [9.17, 15) is 9.90 Å². The van der Waals surface area contributed by atoms with Gasteiger partial charge in [-0.1, -0.05) is 26.0 Å². The summed E-state index contributed by atoms with van der Waals surface area (Å²) in [5.41, 5.74) is 2.79. The van der Waals surface area contributed by atoms with E-state index in [0.717, 1.165) is 17.3 Å². The highest BCUT2D eigenvalue weighted by Crippen LogP contribution is 2.44. The van der Waals surface area contributed by atoms with Crippen molar-refractivity contribution in [1.82, 2.24) is 4.98 Å². The number of aliphatic hydroxyl groups is 1. The zero-order valence-corrected chi connectivity index (χ0v) is 15.1. The lowest BCUT2D eigenvalue weighted by Gasteiger charge is -2.31. The van der Waals surface area contributed by atoms with E-state index in [1.807, 2.05) is 31.2 Å². The van der Waals surface area contributed by atoms with Gasteiger partial charge in [-0.2, -0.15) is 0 Å². The van der Waals surface area contributed by atoms with Crippen LogP contribution in [0.4, 0.5) is 0 Å². The normalized spacial score (nSPS) is 19.1. The van der Waals surface area contributed by atoms with Crippen LogP contribution in [0.25, 0.3) is 11.1 Å². The molecule has 1 aromatic carbocycles. The standard InChI is InChI=1S/C19H19NO4S/c1-10-15-12(21)8-19(2,3)9-14(15)23-16(10)17(22)25-18-20-11-6-4-5-7-13(11)24-18/h4-7,12,21H,8-9H2,1-3H3/t12-/m0/s1. The molecule has 2 aromatic heterocycles. The number of rotatable bonds is 2. The van der Waals surface area contributed by atoms with Gasteiger partial charge in [0.1, 0.15) is 11.3 Å². The highest BCUT2D eigenvalue weighted by molar-refractivity contribution is 8.13. The number of fused-ring (bicyclic) bond motifs is 2. The average molecular weight is 357 g/mol. The molecule has 6 heteroatoms. The molecule has 0 bridgehead atoms. The maximum Gasteiger partial charge on any atom is 0.264 e. The Bertz CT molecular complexity index is 936. The Labute approximate surface area is 149 Å². The molecular weight excluding hydrogens is 338 g/mol. The summed E-state index contributed by atoms with van der Waals surface area (Å²) in [4.78, 5) is 17.0.